The summed E-state index contributed by atoms with van der Waals surface area (Å²) in [6.45, 7) is 0. The number of likely N-dealkylation sites (N-methyl/N-ethyl adjacent to an activating group) is 1. The number of amides is 1. The molecule has 0 atom stereocenters. The average Bonchev–Trinajstić information content (AvgIpc) is 2.43. The molecule has 0 saturated carbocycles. The summed E-state index contributed by atoms with van der Waals surface area (Å²) in [6, 6.07) is 10.2. The molecule has 0 saturated heterocycles. The SMILES string of the molecule is CN(C(=O)Cc1c(F)cccc1F)c1ccc(N)cc1. The Balaban J connectivity index is 2.18. The van der Waals surface area contributed by atoms with E-state index < -0.39 is 17.5 Å². The Bertz CT molecular complexity index is 606. The highest BCUT2D eigenvalue weighted by Gasteiger charge is 2.17. The van der Waals surface area contributed by atoms with Crippen LogP contribution in [0, 0.1) is 11.6 Å². The van der Waals surface area contributed by atoms with E-state index in [1.807, 2.05) is 0 Å². The van der Waals surface area contributed by atoms with E-state index in [1.165, 1.54) is 11.0 Å². The van der Waals surface area contributed by atoms with Crippen molar-refractivity contribution < 1.29 is 13.6 Å². The molecule has 1 amide bonds. The molecule has 0 aliphatic carbocycles. The molecular weight excluding hydrogens is 262 g/mol. The summed E-state index contributed by atoms with van der Waals surface area (Å²) in [4.78, 5) is 13.4. The summed E-state index contributed by atoms with van der Waals surface area (Å²) in [5.74, 6) is -1.84. The molecule has 2 aromatic rings. The van der Waals surface area contributed by atoms with Gasteiger partial charge in [0, 0.05) is 24.0 Å². The fraction of sp³-hybridized carbons (Fsp3) is 0.133. The second-order valence-corrected chi connectivity index (χ2v) is 4.42. The summed E-state index contributed by atoms with van der Waals surface area (Å²) in [5.41, 5.74) is 6.53. The third kappa shape index (κ3) is 2.93. The second kappa shape index (κ2) is 5.69. The van der Waals surface area contributed by atoms with Crippen LogP contribution in [-0.4, -0.2) is 13.0 Å². The molecule has 20 heavy (non-hydrogen) atoms. The summed E-state index contributed by atoms with van der Waals surface area (Å²) < 4.78 is 27.0. The monoisotopic (exact) mass is 276 g/mol. The Labute approximate surface area is 115 Å². The Morgan fingerprint density at radius 3 is 2.20 bits per heavy atom. The van der Waals surface area contributed by atoms with Gasteiger partial charge in [-0.25, -0.2) is 8.78 Å². The lowest BCUT2D eigenvalue weighted by molar-refractivity contribution is -0.117. The molecule has 104 valence electrons. The highest BCUT2D eigenvalue weighted by Crippen LogP contribution is 2.18. The van der Waals surface area contributed by atoms with Crippen molar-refractivity contribution in [2.75, 3.05) is 17.7 Å². The fourth-order valence-electron chi connectivity index (χ4n) is 1.81. The molecule has 2 rings (SSSR count). The molecule has 5 heteroatoms. The summed E-state index contributed by atoms with van der Waals surface area (Å²) in [6.07, 6.45) is -0.334. The molecule has 0 heterocycles. The molecule has 3 nitrogen and oxygen atoms in total. The van der Waals surface area contributed by atoms with Crippen LogP contribution in [0.5, 0.6) is 0 Å². The predicted molar refractivity (Wildman–Crippen MR) is 74.3 cm³/mol. The van der Waals surface area contributed by atoms with E-state index >= 15 is 0 Å². The molecule has 0 radical (unpaired) electrons. The molecule has 0 fully saturated rings. The van der Waals surface area contributed by atoms with Gasteiger partial charge in [-0.3, -0.25) is 4.79 Å². The van der Waals surface area contributed by atoms with Gasteiger partial charge in [0.2, 0.25) is 5.91 Å². The van der Waals surface area contributed by atoms with Crippen LogP contribution in [0.4, 0.5) is 20.2 Å². The highest BCUT2D eigenvalue weighted by molar-refractivity contribution is 5.94. The molecule has 0 bridgehead atoms. The van der Waals surface area contributed by atoms with Gasteiger partial charge in [-0.2, -0.15) is 0 Å². The van der Waals surface area contributed by atoms with Gasteiger partial charge in [-0.1, -0.05) is 6.07 Å². The summed E-state index contributed by atoms with van der Waals surface area (Å²) in [5, 5.41) is 0. The van der Waals surface area contributed by atoms with E-state index in [9.17, 15) is 13.6 Å². The molecular formula is C15H14F2N2O. The van der Waals surface area contributed by atoms with Gasteiger partial charge in [-0.15, -0.1) is 0 Å². The molecule has 0 aliphatic rings. The van der Waals surface area contributed by atoms with Gasteiger partial charge in [0.05, 0.1) is 6.42 Å². The van der Waals surface area contributed by atoms with Crippen LogP contribution in [0.25, 0.3) is 0 Å². The van der Waals surface area contributed by atoms with E-state index in [2.05, 4.69) is 0 Å². The third-order valence-electron chi connectivity index (χ3n) is 3.04. The van der Waals surface area contributed by atoms with Gasteiger partial charge >= 0.3 is 0 Å². The zero-order valence-electron chi connectivity index (χ0n) is 10.9. The first kappa shape index (κ1) is 14.0. The molecule has 0 aromatic heterocycles. The van der Waals surface area contributed by atoms with Gasteiger partial charge in [0.25, 0.3) is 0 Å². The molecule has 0 aliphatic heterocycles. The van der Waals surface area contributed by atoms with Gasteiger partial charge in [-0.05, 0) is 36.4 Å². The largest absolute Gasteiger partial charge is 0.399 e. The van der Waals surface area contributed by atoms with E-state index in [0.717, 1.165) is 12.1 Å². The number of hydrogen-bond acceptors (Lipinski definition) is 2. The number of nitrogens with two attached hydrogens (primary N) is 1. The second-order valence-electron chi connectivity index (χ2n) is 4.42. The third-order valence-corrected chi connectivity index (χ3v) is 3.04. The van der Waals surface area contributed by atoms with Crippen molar-refractivity contribution in [2.45, 2.75) is 6.42 Å². The molecule has 0 unspecified atom stereocenters. The average molecular weight is 276 g/mol. The van der Waals surface area contributed by atoms with Crippen LogP contribution in [0.2, 0.25) is 0 Å². The number of anilines is 2. The number of benzene rings is 2. The summed E-state index contributed by atoms with van der Waals surface area (Å²) >= 11 is 0. The zero-order chi connectivity index (χ0) is 14.7. The zero-order valence-corrected chi connectivity index (χ0v) is 10.9. The van der Waals surface area contributed by atoms with Gasteiger partial charge < -0.3 is 10.6 Å². The van der Waals surface area contributed by atoms with E-state index in [0.29, 0.717) is 11.4 Å². The van der Waals surface area contributed by atoms with Crippen molar-refractivity contribution in [1.29, 1.82) is 0 Å². The van der Waals surface area contributed by atoms with Gasteiger partial charge in [0.15, 0.2) is 0 Å². The van der Waals surface area contributed by atoms with Crippen molar-refractivity contribution in [3.05, 3.63) is 59.7 Å². The van der Waals surface area contributed by atoms with E-state index in [1.54, 1.807) is 31.3 Å². The minimum atomic E-state index is -0.718. The van der Waals surface area contributed by atoms with Gasteiger partial charge in [0.1, 0.15) is 11.6 Å². The number of rotatable bonds is 3. The lowest BCUT2D eigenvalue weighted by atomic mass is 10.1. The molecule has 2 aromatic carbocycles. The van der Waals surface area contributed by atoms with Crippen molar-refractivity contribution in [2.24, 2.45) is 0 Å². The number of halogens is 2. The highest BCUT2D eigenvalue weighted by atomic mass is 19.1. The minimum absolute atomic E-state index is 0.222. The maximum atomic E-state index is 13.5. The van der Waals surface area contributed by atoms with Crippen LogP contribution >= 0.6 is 0 Å². The molecule has 2 N–H and O–H groups in total. The Kier molecular flexibility index (Phi) is 3.98. The summed E-state index contributed by atoms with van der Waals surface area (Å²) in [7, 11) is 1.55. The predicted octanol–water partition coefficient (Wildman–Crippen LogP) is 2.75. The maximum absolute atomic E-state index is 13.5. The number of carbonyl (C=O) groups excluding carboxylic acids is 1. The number of carbonyl (C=O) groups is 1. The first-order valence-electron chi connectivity index (χ1n) is 6.04. The Morgan fingerprint density at radius 2 is 1.65 bits per heavy atom. The van der Waals surface area contributed by atoms with E-state index in [4.69, 9.17) is 5.73 Å². The van der Waals surface area contributed by atoms with Crippen molar-refractivity contribution >= 4 is 17.3 Å². The first-order chi connectivity index (χ1) is 9.49. The number of nitrogen functional groups attached to an aromatic ring is 1. The van der Waals surface area contributed by atoms with Crippen LogP contribution in [0.3, 0.4) is 0 Å². The van der Waals surface area contributed by atoms with Crippen LogP contribution in [0.1, 0.15) is 5.56 Å². The van der Waals surface area contributed by atoms with Crippen molar-refractivity contribution in [3.8, 4) is 0 Å². The molecule has 0 spiro atoms. The van der Waals surface area contributed by atoms with Crippen LogP contribution < -0.4 is 10.6 Å². The quantitative estimate of drug-likeness (QED) is 0.876. The van der Waals surface area contributed by atoms with Crippen LogP contribution in [-0.2, 0) is 11.2 Å². The Morgan fingerprint density at radius 1 is 1.10 bits per heavy atom. The smallest absolute Gasteiger partial charge is 0.231 e. The standard InChI is InChI=1S/C15H14F2N2O/c1-19(11-7-5-10(18)6-8-11)15(20)9-12-13(16)3-2-4-14(12)17/h2-8H,9,18H2,1H3. The first-order valence-corrected chi connectivity index (χ1v) is 6.04. The minimum Gasteiger partial charge on any atom is -0.399 e. The lowest BCUT2D eigenvalue weighted by Crippen LogP contribution is -2.28. The fourth-order valence-corrected chi connectivity index (χ4v) is 1.81. The maximum Gasteiger partial charge on any atom is 0.231 e. The topological polar surface area (TPSA) is 46.3 Å². The van der Waals surface area contributed by atoms with Crippen LogP contribution in [0.15, 0.2) is 42.5 Å². The Hall–Kier alpha value is -2.43. The van der Waals surface area contributed by atoms with E-state index in [-0.39, 0.29) is 12.0 Å². The normalized spacial score (nSPS) is 10.3. The lowest BCUT2D eigenvalue weighted by Gasteiger charge is -2.18. The van der Waals surface area contributed by atoms with Crippen molar-refractivity contribution in [3.63, 3.8) is 0 Å². The number of nitrogens with zero attached hydrogens (tertiary/aromatic N) is 1. The number of hydrogen-bond donors (Lipinski definition) is 1. The van der Waals surface area contributed by atoms with Crippen molar-refractivity contribution in [1.82, 2.24) is 0 Å².